The summed E-state index contributed by atoms with van der Waals surface area (Å²) in [4.78, 5) is 3.55. The van der Waals surface area contributed by atoms with Crippen molar-refractivity contribution in [3.63, 3.8) is 0 Å². The van der Waals surface area contributed by atoms with E-state index in [1.807, 2.05) is 6.92 Å². The van der Waals surface area contributed by atoms with Crippen LogP contribution in [-0.4, -0.2) is 28.8 Å². The highest BCUT2D eigenvalue weighted by Crippen LogP contribution is 2.28. The van der Waals surface area contributed by atoms with E-state index in [-0.39, 0.29) is 6.10 Å². The lowest BCUT2D eigenvalue weighted by Gasteiger charge is -2.24. The van der Waals surface area contributed by atoms with Gasteiger partial charge in [0.2, 0.25) is 0 Å². The number of aromatic nitrogens is 1. The van der Waals surface area contributed by atoms with E-state index in [0.717, 1.165) is 32.2 Å². The molecule has 1 aromatic heterocycles. The number of rotatable bonds is 5. The Morgan fingerprint density at radius 1 is 1.40 bits per heavy atom. The zero-order valence-corrected chi connectivity index (χ0v) is 12.2. The van der Waals surface area contributed by atoms with Gasteiger partial charge in [0.25, 0.3) is 0 Å². The van der Waals surface area contributed by atoms with Crippen LogP contribution in [-0.2, 0) is 12.8 Å². The zero-order chi connectivity index (χ0) is 13.9. The normalized spacial score (nSPS) is 20.0. The minimum atomic E-state index is -0.158. The summed E-state index contributed by atoms with van der Waals surface area (Å²) in [5.41, 5.74) is 4.16. The van der Waals surface area contributed by atoms with Gasteiger partial charge < -0.3 is 15.4 Å². The average Bonchev–Trinajstić information content (AvgIpc) is 2.85. The first kappa shape index (κ1) is 13.7. The third-order valence-electron chi connectivity index (χ3n) is 4.48. The summed E-state index contributed by atoms with van der Waals surface area (Å²) in [7, 11) is 0. The first-order valence-electron chi connectivity index (χ1n) is 7.77. The smallest absolute Gasteiger partial charge is 0.0549 e. The summed E-state index contributed by atoms with van der Waals surface area (Å²) >= 11 is 0. The molecule has 3 N–H and O–H groups in total. The minimum absolute atomic E-state index is 0.158. The van der Waals surface area contributed by atoms with E-state index in [2.05, 4.69) is 34.6 Å². The molecule has 0 bridgehead atoms. The van der Waals surface area contributed by atoms with Crippen LogP contribution in [0.4, 0.5) is 0 Å². The van der Waals surface area contributed by atoms with Crippen molar-refractivity contribution in [3.05, 3.63) is 35.5 Å². The first-order chi connectivity index (χ1) is 9.78. The lowest BCUT2D eigenvalue weighted by atomic mass is 9.91. The van der Waals surface area contributed by atoms with Crippen LogP contribution in [0, 0.1) is 0 Å². The summed E-state index contributed by atoms with van der Waals surface area (Å²) in [6, 6.07) is 9.13. The summed E-state index contributed by atoms with van der Waals surface area (Å²) in [5, 5.41) is 14.6. The molecule has 1 aliphatic carbocycles. The molecule has 1 aliphatic rings. The van der Waals surface area contributed by atoms with Crippen LogP contribution in [0.5, 0.6) is 0 Å². The fourth-order valence-corrected chi connectivity index (χ4v) is 3.20. The number of hydrogen-bond donors (Lipinski definition) is 3. The van der Waals surface area contributed by atoms with Gasteiger partial charge in [0, 0.05) is 22.6 Å². The van der Waals surface area contributed by atoms with Crippen LogP contribution < -0.4 is 5.32 Å². The predicted octanol–water partition coefficient (Wildman–Crippen LogP) is 2.78. The Morgan fingerprint density at radius 2 is 2.25 bits per heavy atom. The van der Waals surface area contributed by atoms with E-state index in [1.54, 1.807) is 0 Å². The number of H-pyrrole nitrogens is 1. The third-order valence-corrected chi connectivity index (χ3v) is 4.48. The molecule has 0 saturated heterocycles. The lowest BCUT2D eigenvalue weighted by Crippen LogP contribution is -2.36. The van der Waals surface area contributed by atoms with E-state index in [1.165, 1.54) is 28.6 Å². The largest absolute Gasteiger partial charge is 0.393 e. The molecule has 2 unspecified atom stereocenters. The van der Waals surface area contributed by atoms with Crippen molar-refractivity contribution in [2.45, 2.75) is 51.2 Å². The molecule has 2 aromatic rings. The van der Waals surface area contributed by atoms with Gasteiger partial charge in [-0.25, -0.2) is 0 Å². The van der Waals surface area contributed by atoms with Crippen LogP contribution in [0.25, 0.3) is 10.9 Å². The molecule has 0 amide bonds. The van der Waals surface area contributed by atoms with Crippen molar-refractivity contribution in [2.75, 3.05) is 6.54 Å². The Bertz CT molecular complexity index is 575. The highest BCUT2D eigenvalue weighted by Gasteiger charge is 2.21. The molecule has 3 heteroatoms. The summed E-state index contributed by atoms with van der Waals surface area (Å²) in [6.07, 6.45) is 4.95. The molecule has 3 rings (SSSR count). The second-order valence-electron chi connectivity index (χ2n) is 5.87. The number of fused-ring (bicyclic) bond motifs is 3. The SMILES string of the molecule is CCC(O)CCNC1CCc2[nH]c3ccccc3c2C1. The van der Waals surface area contributed by atoms with Crippen LogP contribution in [0.2, 0.25) is 0 Å². The molecule has 20 heavy (non-hydrogen) atoms. The van der Waals surface area contributed by atoms with E-state index in [9.17, 15) is 5.11 Å². The quantitative estimate of drug-likeness (QED) is 0.784. The van der Waals surface area contributed by atoms with Crippen molar-refractivity contribution < 1.29 is 5.11 Å². The Morgan fingerprint density at radius 3 is 3.10 bits per heavy atom. The van der Waals surface area contributed by atoms with Gasteiger partial charge >= 0.3 is 0 Å². The highest BCUT2D eigenvalue weighted by molar-refractivity contribution is 5.84. The predicted molar refractivity (Wildman–Crippen MR) is 83.0 cm³/mol. The molecule has 2 atom stereocenters. The van der Waals surface area contributed by atoms with Gasteiger partial charge in [-0.15, -0.1) is 0 Å². The van der Waals surface area contributed by atoms with Crippen LogP contribution in [0.3, 0.4) is 0 Å². The number of hydrogen-bond acceptors (Lipinski definition) is 2. The lowest BCUT2D eigenvalue weighted by molar-refractivity contribution is 0.158. The Hall–Kier alpha value is -1.32. The van der Waals surface area contributed by atoms with E-state index in [0.29, 0.717) is 6.04 Å². The minimum Gasteiger partial charge on any atom is -0.393 e. The third kappa shape index (κ3) is 2.74. The molecular weight excluding hydrogens is 248 g/mol. The fraction of sp³-hybridized carbons (Fsp3) is 0.529. The fourth-order valence-electron chi connectivity index (χ4n) is 3.20. The number of aromatic amines is 1. The monoisotopic (exact) mass is 272 g/mol. The van der Waals surface area contributed by atoms with Crippen molar-refractivity contribution in [3.8, 4) is 0 Å². The van der Waals surface area contributed by atoms with Crippen molar-refractivity contribution >= 4 is 10.9 Å². The van der Waals surface area contributed by atoms with Gasteiger partial charge in [-0.3, -0.25) is 0 Å². The standard InChI is InChI=1S/C17H24N2O/c1-2-13(20)9-10-18-12-7-8-17-15(11-12)14-5-3-4-6-16(14)19-17/h3-6,12-13,18-20H,2,7-11H2,1H3. The van der Waals surface area contributed by atoms with Gasteiger partial charge in [0.15, 0.2) is 0 Å². The van der Waals surface area contributed by atoms with Gasteiger partial charge in [0.1, 0.15) is 0 Å². The maximum absolute atomic E-state index is 9.61. The highest BCUT2D eigenvalue weighted by atomic mass is 16.3. The molecular formula is C17H24N2O. The van der Waals surface area contributed by atoms with E-state index < -0.39 is 0 Å². The maximum atomic E-state index is 9.61. The number of nitrogens with one attached hydrogen (secondary N) is 2. The van der Waals surface area contributed by atoms with Gasteiger partial charge in [0.05, 0.1) is 6.10 Å². The molecule has 0 spiro atoms. The summed E-state index contributed by atoms with van der Waals surface area (Å²) < 4.78 is 0. The zero-order valence-electron chi connectivity index (χ0n) is 12.2. The van der Waals surface area contributed by atoms with E-state index >= 15 is 0 Å². The van der Waals surface area contributed by atoms with Gasteiger partial charge in [-0.1, -0.05) is 25.1 Å². The van der Waals surface area contributed by atoms with Crippen molar-refractivity contribution in [1.82, 2.24) is 10.3 Å². The average molecular weight is 272 g/mol. The Labute approximate surface area is 120 Å². The van der Waals surface area contributed by atoms with Gasteiger partial charge in [-0.05, 0) is 50.3 Å². The molecule has 0 radical (unpaired) electrons. The van der Waals surface area contributed by atoms with Crippen molar-refractivity contribution in [1.29, 1.82) is 0 Å². The second-order valence-corrected chi connectivity index (χ2v) is 5.87. The maximum Gasteiger partial charge on any atom is 0.0549 e. The van der Waals surface area contributed by atoms with E-state index in [4.69, 9.17) is 0 Å². The molecule has 3 nitrogen and oxygen atoms in total. The Balaban J connectivity index is 1.65. The summed E-state index contributed by atoms with van der Waals surface area (Å²) in [6.45, 7) is 2.95. The number of para-hydroxylation sites is 1. The molecule has 0 aliphatic heterocycles. The Kier molecular flexibility index (Phi) is 4.08. The van der Waals surface area contributed by atoms with Crippen LogP contribution in [0.1, 0.15) is 37.4 Å². The molecule has 1 aromatic carbocycles. The first-order valence-corrected chi connectivity index (χ1v) is 7.77. The second kappa shape index (κ2) is 5.98. The number of aryl methyl sites for hydroxylation is 1. The topological polar surface area (TPSA) is 48.0 Å². The molecule has 0 saturated carbocycles. The number of aliphatic hydroxyl groups excluding tert-OH is 1. The number of benzene rings is 1. The molecule has 1 heterocycles. The molecule has 0 fully saturated rings. The van der Waals surface area contributed by atoms with Crippen LogP contribution >= 0.6 is 0 Å². The van der Waals surface area contributed by atoms with Gasteiger partial charge in [-0.2, -0.15) is 0 Å². The summed E-state index contributed by atoms with van der Waals surface area (Å²) in [5.74, 6) is 0. The van der Waals surface area contributed by atoms with Crippen LogP contribution in [0.15, 0.2) is 24.3 Å². The number of aliphatic hydroxyl groups is 1. The molecule has 108 valence electrons. The van der Waals surface area contributed by atoms with Crippen molar-refractivity contribution in [2.24, 2.45) is 0 Å².